The van der Waals surface area contributed by atoms with E-state index < -0.39 is 5.95 Å². The van der Waals surface area contributed by atoms with Gasteiger partial charge in [0.1, 0.15) is 17.9 Å². The third-order valence-corrected chi connectivity index (χ3v) is 1.99. The Morgan fingerprint density at radius 2 is 2.24 bits per heavy atom. The van der Waals surface area contributed by atoms with Crippen LogP contribution in [-0.2, 0) is 4.74 Å². The van der Waals surface area contributed by atoms with Crippen molar-refractivity contribution in [1.82, 2.24) is 0 Å². The second kappa shape index (κ2) is 6.18. The Labute approximate surface area is 99.2 Å². The summed E-state index contributed by atoms with van der Waals surface area (Å²) >= 11 is 0. The number of hydrogen-bond donors (Lipinski definition) is 1. The minimum absolute atomic E-state index is 0.0906. The van der Waals surface area contributed by atoms with Gasteiger partial charge in [-0.05, 0) is 12.1 Å². The highest BCUT2D eigenvalue weighted by Crippen LogP contribution is 2.28. The number of ether oxygens (including phenoxy) is 2. The number of aliphatic hydroxyl groups is 1. The van der Waals surface area contributed by atoms with Crippen LogP contribution in [-0.4, -0.2) is 18.8 Å². The van der Waals surface area contributed by atoms with E-state index in [9.17, 15) is 5.11 Å². The average molecular weight is 233 g/mol. The first-order chi connectivity index (χ1) is 8.24. The van der Waals surface area contributed by atoms with E-state index in [-0.39, 0.29) is 5.70 Å². The number of hydrogen-bond acceptors (Lipinski definition) is 4. The summed E-state index contributed by atoms with van der Waals surface area (Å²) in [7, 11) is 1.27. The number of benzene rings is 1. The molecule has 1 aromatic carbocycles. The van der Waals surface area contributed by atoms with Crippen molar-refractivity contribution in [3.8, 4) is 5.75 Å². The molecule has 5 heteroatoms. The molecule has 1 N–H and O–H groups in total. The molecule has 0 radical (unpaired) electrons. The van der Waals surface area contributed by atoms with Crippen LogP contribution < -0.4 is 4.74 Å². The smallest absolute Gasteiger partial charge is 0.474 e. The molecule has 0 heterocycles. The van der Waals surface area contributed by atoms with Crippen LogP contribution >= 0.6 is 0 Å². The molecular weight excluding hydrogens is 220 g/mol. The fourth-order valence-corrected chi connectivity index (χ4v) is 1.25. The maximum absolute atomic E-state index is 9.45. The van der Waals surface area contributed by atoms with Gasteiger partial charge < -0.3 is 14.6 Å². The minimum Gasteiger partial charge on any atom is -0.489 e. The zero-order valence-corrected chi connectivity index (χ0v) is 9.46. The molecule has 0 spiro atoms. The van der Waals surface area contributed by atoms with Gasteiger partial charge in [-0.25, -0.2) is 0 Å². The molecule has 88 valence electrons. The number of methoxy groups -OCH3 is 1. The molecule has 0 fully saturated rings. The topological polar surface area (TPSA) is 66.8 Å². The lowest BCUT2D eigenvalue weighted by atomic mass is 10.1. The summed E-state index contributed by atoms with van der Waals surface area (Å²) < 4.78 is 10.00. The van der Waals surface area contributed by atoms with Gasteiger partial charge in [-0.3, -0.25) is 0 Å². The number of para-hydroxylation sites is 1. The number of rotatable bonds is 5. The second-order valence-corrected chi connectivity index (χ2v) is 3.05. The average Bonchev–Trinajstić information content (AvgIpc) is 2.38. The van der Waals surface area contributed by atoms with E-state index in [1.165, 1.54) is 7.11 Å². The van der Waals surface area contributed by atoms with E-state index in [0.29, 0.717) is 17.9 Å². The monoisotopic (exact) mass is 233 g/mol. The zero-order valence-electron chi connectivity index (χ0n) is 9.46. The van der Waals surface area contributed by atoms with E-state index >= 15 is 0 Å². The molecule has 0 bridgehead atoms. The summed E-state index contributed by atoms with van der Waals surface area (Å²) in [5.74, 6) is -0.0223. The van der Waals surface area contributed by atoms with Crippen LogP contribution in [0.15, 0.2) is 42.9 Å². The van der Waals surface area contributed by atoms with Crippen LogP contribution in [0.4, 0.5) is 0 Å². The van der Waals surface area contributed by atoms with Crippen LogP contribution in [0.1, 0.15) is 5.56 Å². The van der Waals surface area contributed by atoms with Gasteiger partial charge in [-0.2, -0.15) is 0 Å². The van der Waals surface area contributed by atoms with E-state index in [4.69, 9.17) is 10.1 Å². The molecule has 0 saturated heterocycles. The van der Waals surface area contributed by atoms with Crippen molar-refractivity contribution in [2.75, 3.05) is 13.7 Å². The van der Waals surface area contributed by atoms with E-state index in [0.717, 1.165) is 0 Å². The van der Waals surface area contributed by atoms with Crippen molar-refractivity contribution in [2.45, 2.75) is 0 Å². The number of aliphatic hydroxyl groups excluding tert-OH is 1. The molecule has 0 aliphatic rings. The SMILES string of the molecule is C=CCOc1ccccc1/C([N+]#N)=C(\O)OC. The van der Waals surface area contributed by atoms with Crippen LogP contribution in [0.5, 0.6) is 5.75 Å². The summed E-state index contributed by atoms with van der Waals surface area (Å²) in [5.41, 5.74) is 0.336. The number of diazo groups is 1. The Morgan fingerprint density at radius 1 is 1.53 bits per heavy atom. The Bertz CT molecular complexity index is 475. The molecule has 17 heavy (non-hydrogen) atoms. The van der Waals surface area contributed by atoms with Gasteiger partial charge in [0, 0.05) is 0 Å². The highest BCUT2D eigenvalue weighted by molar-refractivity contribution is 5.75. The fraction of sp³-hybridized carbons (Fsp3) is 0.167. The van der Waals surface area contributed by atoms with E-state index in [2.05, 4.69) is 16.3 Å². The molecule has 0 atom stereocenters. The maximum atomic E-state index is 9.45. The van der Waals surface area contributed by atoms with Crippen molar-refractivity contribution >= 4 is 5.70 Å². The second-order valence-electron chi connectivity index (χ2n) is 3.05. The lowest BCUT2D eigenvalue weighted by Gasteiger charge is -2.05. The fourth-order valence-electron chi connectivity index (χ4n) is 1.25. The summed E-state index contributed by atoms with van der Waals surface area (Å²) in [6.45, 7) is 3.85. The summed E-state index contributed by atoms with van der Waals surface area (Å²) in [6.07, 6.45) is 1.59. The van der Waals surface area contributed by atoms with E-state index in [1.54, 1.807) is 30.3 Å². The van der Waals surface area contributed by atoms with Crippen molar-refractivity contribution in [1.29, 1.82) is 5.39 Å². The normalized spacial score (nSPS) is 11.1. The highest BCUT2D eigenvalue weighted by atomic mass is 16.6. The van der Waals surface area contributed by atoms with Gasteiger partial charge in [0.15, 0.2) is 4.98 Å². The van der Waals surface area contributed by atoms with Crippen LogP contribution in [0.25, 0.3) is 10.7 Å². The first-order valence-electron chi connectivity index (χ1n) is 4.90. The third kappa shape index (κ3) is 2.98. The Morgan fingerprint density at radius 3 is 2.82 bits per heavy atom. The van der Waals surface area contributed by atoms with Crippen molar-refractivity contribution in [3.05, 3.63) is 53.4 Å². The molecule has 0 amide bonds. The highest BCUT2D eigenvalue weighted by Gasteiger charge is 2.26. The van der Waals surface area contributed by atoms with Crippen molar-refractivity contribution < 1.29 is 14.6 Å². The lowest BCUT2D eigenvalue weighted by Crippen LogP contribution is -1.98. The molecule has 0 aliphatic carbocycles. The Kier molecular flexibility index (Phi) is 4.58. The van der Waals surface area contributed by atoms with Crippen LogP contribution in [0, 0.1) is 5.39 Å². The van der Waals surface area contributed by atoms with Gasteiger partial charge in [-0.1, -0.05) is 24.8 Å². The molecule has 1 aromatic rings. The number of nitrogens with zero attached hydrogens (tertiary/aromatic N) is 2. The van der Waals surface area contributed by atoms with Crippen LogP contribution in [0.3, 0.4) is 0 Å². The molecule has 0 aromatic heterocycles. The predicted octanol–water partition coefficient (Wildman–Crippen LogP) is 2.93. The molecule has 0 aliphatic heterocycles. The van der Waals surface area contributed by atoms with Crippen LogP contribution in [0.2, 0.25) is 0 Å². The maximum Gasteiger partial charge on any atom is 0.474 e. The summed E-state index contributed by atoms with van der Waals surface area (Å²) in [4.78, 5) is 3.00. The lowest BCUT2D eigenvalue weighted by molar-refractivity contribution is 0.139. The molecule has 5 nitrogen and oxygen atoms in total. The van der Waals surface area contributed by atoms with Crippen molar-refractivity contribution in [3.63, 3.8) is 0 Å². The Hall–Kier alpha value is -2.48. The van der Waals surface area contributed by atoms with E-state index in [1.807, 2.05) is 0 Å². The standard InChI is InChI=1S/C12H12N2O3/c1-3-8-17-10-7-5-4-6-9(10)11(14-13)12(15)16-2/h3-7H,1,8H2,2H3/p+1/b12-11-. The molecule has 0 saturated carbocycles. The van der Waals surface area contributed by atoms with Gasteiger partial charge in [-0.15, -0.1) is 0 Å². The first kappa shape index (κ1) is 12.6. The van der Waals surface area contributed by atoms with Gasteiger partial charge in [0.25, 0.3) is 0 Å². The molecule has 0 unspecified atom stereocenters. The predicted molar refractivity (Wildman–Crippen MR) is 63.8 cm³/mol. The summed E-state index contributed by atoms with van der Waals surface area (Å²) in [5, 5.41) is 18.3. The minimum atomic E-state index is -0.484. The molecule has 1 rings (SSSR count). The zero-order chi connectivity index (χ0) is 12.7. The third-order valence-electron chi connectivity index (χ3n) is 1.99. The quantitative estimate of drug-likeness (QED) is 0.482. The van der Waals surface area contributed by atoms with Gasteiger partial charge >= 0.3 is 11.6 Å². The summed E-state index contributed by atoms with van der Waals surface area (Å²) in [6, 6.07) is 6.82. The Balaban J connectivity index is 3.21. The first-order valence-corrected chi connectivity index (χ1v) is 4.90. The largest absolute Gasteiger partial charge is 0.489 e. The molecular formula is C12H13N2O3+. The van der Waals surface area contributed by atoms with Crippen molar-refractivity contribution in [2.24, 2.45) is 0 Å². The van der Waals surface area contributed by atoms with Gasteiger partial charge in [0.2, 0.25) is 5.39 Å². The van der Waals surface area contributed by atoms with Gasteiger partial charge in [0.05, 0.1) is 7.11 Å².